The first kappa shape index (κ1) is 39.6. The van der Waals surface area contributed by atoms with Crippen LogP contribution in [0.3, 0.4) is 0 Å². The van der Waals surface area contributed by atoms with Crippen LogP contribution in [-0.2, 0) is 6.42 Å². The SMILES string of the molecule is [2H]C1C([2H])([2H])C([2H])([2H])C([2H])([2H])C([2H])([2H])C1([2H])c1c(-c2c(C)c(C)cc3c2Cc2ccccc2-3)cc2c(oc3c(-c4ccnnn4)c(-c4ccccc4)c(-c4ccccc4-c4ccccc4-c4ccccc4)c(-c4nnnc(-c5ccccc5)c4-c4ccccc4-c4ccccc4)c32)c1C1([2H])C([2H])C([2H])([2H])C([2H])([2H])C([2H])([2H])C1([2H])[2H]. The molecular weight excluding hydrogens is 1140 g/mol. The summed E-state index contributed by atoms with van der Waals surface area (Å²) in [5.74, 6) is -8.19. The van der Waals surface area contributed by atoms with Gasteiger partial charge in [-0.3, -0.25) is 0 Å². The smallest absolute Gasteiger partial charge is 0.146 e. The quantitative estimate of drug-likeness (QED) is 0.120. The van der Waals surface area contributed by atoms with Crippen LogP contribution in [0.2, 0.25) is 0 Å². The maximum absolute atomic E-state index is 11.6. The zero-order chi connectivity index (χ0) is 80.6. The molecule has 0 radical (unpaired) electrons. The normalized spacial score (nSPS) is 25.9. The van der Waals surface area contributed by atoms with Crippen LogP contribution < -0.4 is 0 Å². The van der Waals surface area contributed by atoms with E-state index in [1.807, 2.05) is 224 Å². The Labute approximate surface area is 577 Å². The van der Waals surface area contributed by atoms with Crippen molar-refractivity contribution in [2.75, 3.05) is 0 Å². The Morgan fingerprint density at radius 1 is 0.394 bits per heavy atom. The Bertz CT molecular complexity index is 6230. The Morgan fingerprint density at radius 2 is 0.926 bits per heavy atom. The fraction of sp³-hybridized carbons (Fsp3) is 0.172. The monoisotopic (exact) mass is 1230 g/mol. The van der Waals surface area contributed by atoms with Gasteiger partial charge in [0.05, 0.1) is 11.8 Å². The largest absolute Gasteiger partial charge is 0.455 e. The molecule has 2 saturated carbocycles. The van der Waals surface area contributed by atoms with Gasteiger partial charge < -0.3 is 4.42 Å². The van der Waals surface area contributed by atoms with E-state index in [4.69, 9.17) is 24.9 Å². The molecule has 0 aliphatic heterocycles. The Kier molecular flexibility index (Phi) is 10.3. The number of hydrogen-bond acceptors (Lipinski definition) is 7. The molecule has 4 atom stereocenters. The van der Waals surface area contributed by atoms with Gasteiger partial charge in [-0.1, -0.05) is 263 Å². The first-order valence-electron chi connectivity index (χ1n) is 41.4. The van der Waals surface area contributed by atoms with Crippen LogP contribution in [0.5, 0.6) is 0 Å². The molecule has 3 aromatic heterocycles. The lowest BCUT2D eigenvalue weighted by Crippen LogP contribution is -2.15. The zero-order valence-electron chi connectivity index (χ0n) is 71.0. The van der Waals surface area contributed by atoms with Crippen LogP contribution in [-0.4, -0.2) is 30.8 Å². The Hall–Kier alpha value is -10.8. The van der Waals surface area contributed by atoms with Crippen LogP contribution >= 0.6 is 0 Å². The molecule has 0 saturated heterocycles. The number of nitrogens with zero attached hydrogens (tertiary/aromatic N) is 6. The van der Waals surface area contributed by atoms with Crippen molar-refractivity contribution in [2.45, 2.75) is 95.8 Å². The molecular formula is C87H70N6O. The molecule has 3 heterocycles. The van der Waals surface area contributed by atoms with Gasteiger partial charge in [-0.2, -0.15) is 0 Å². The third-order valence-corrected chi connectivity index (χ3v) is 18.4. The molecule has 7 nitrogen and oxygen atoms in total. The van der Waals surface area contributed by atoms with Crippen molar-refractivity contribution in [3.63, 3.8) is 0 Å². The summed E-state index contributed by atoms with van der Waals surface area (Å²) >= 11 is 0. The predicted molar refractivity (Wildman–Crippen MR) is 384 cm³/mol. The van der Waals surface area contributed by atoms with Gasteiger partial charge in [0.2, 0.25) is 0 Å². The average Bonchev–Trinajstić information content (AvgIpc) is 0.988. The first-order valence-corrected chi connectivity index (χ1v) is 31.2. The van der Waals surface area contributed by atoms with Gasteiger partial charge in [-0.25, -0.2) is 0 Å². The second-order valence-electron chi connectivity index (χ2n) is 23.5. The van der Waals surface area contributed by atoms with E-state index in [0.29, 0.717) is 77.9 Å². The lowest BCUT2D eigenvalue weighted by molar-refractivity contribution is 0.418. The molecule has 7 heteroatoms. The van der Waals surface area contributed by atoms with Gasteiger partial charge in [0.15, 0.2) is 0 Å². The Balaban J connectivity index is 1.23. The van der Waals surface area contributed by atoms with Crippen molar-refractivity contribution in [3.05, 3.63) is 276 Å². The molecule has 2 fully saturated rings. The second kappa shape index (κ2) is 24.4. The van der Waals surface area contributed by atoms with E-state index >= 15 is 0 Å². The van der Waals surface area contributed by atoms with Gasteiger partial charge in [-0.15, -0.1) is 20.4 Å². The van der Waals surface area contributed by atoms with Gasteiger partial charge in [-0.05, 0) is 180 Å². The molecule has 0 bridgehead atoms. The molecule has 14 aromatic rings. The van der Waals surface area contributed by atoms with Crippen LogP contribution in [0.1, 0.15) is 136 Å². The molecule has 454 valence electrons. The second-order valence-corrected chi connectivity index (χ2v) is 23.5. The van der Waals surface area contributed by atoms with E-state index < -0.39 is 97.8 Å². The number of fused-ring (bicyclic) bond motifs is 6. The van der Waals surface area contributed by atoms with E-state index in [0.717, 1.165) is 27.8 Å². The number of aryl methyl sites for hydroxylation is 1. The maximum atomic E-state index is 11.6. The van der Waals surface area contributed by atoms with Crippen molar-refractivity contribution in [3.8, 4) is 123 Å². The van der Waals surface area contributed by atoms with E-state index in [2.05, 4.69) is 10.3 Å². The summed E-state index contributed by atoms with van der Waals surface area (Å²) in [6, 6.07) is 73.2. The molecule has 0 spiro atoms. The molecule has 0 amide bonds. The summed E-state index contributed by atoms with van der Waals surface area (Å²) in [5.41, 5.74) is 7.43. The summed E-state index contributed by atoms with van der Waals surface area (Å²) in [6.45, 7) is 3.46. The van der Waals surface area contributed by atoms with E-state index in [-0.39, 0.29) is 56.5 Å². The summed E-state index contributed by atoms with van der Waals surface area (Å²) in [5, 5.41) is 27.9. The standard InChI is InChI=1S/C87H70N6O/c1-54-51-70-65-44-22-21-41-62(65)52-71(70)75(55(54)2)72-53-73-80-83(85-81(84(90-93-91-85)61-39-19-8-20-40-61)68-47-27-24-43-64(68)57-31-11-4-12-32-57)79(69-48-28-26-46-67(69)66-45-25-23-42-63(66)56-29-9-3-10-30-56)77(59-35-15-6-16-36-59)82(74-49-50-88-92-89-74)87(80)94-86(73)78(60-37-17-7-18-38-60)76(72)58-33-13-5-14-34-58/h3-4,6,8-12,15-16,19-32,35-36,39-51,53,58,60H,5,7,13-14,17-18,33-34,37-38,52H2,1-2H3/i5D2,7D2,13D2,14D2,17D2,18D2,33D,34D2,37D,38D2,58D,60D. The molecule has 94 heavy (non-hydrogen) atoms. The molecule has 11 aromatic carbocycles. The predicted octanol–water partition coefficient (Wildman–Crippen LogP) is 22.9. The number of furan rings is 1. The lowest BCUT2D eigenvalue weighted by atomic mass is 9.71. The highest BCUT2D eigenvalue weighted by Gasteiger charge is 2.38. The third kappa shape index (κ3) is 9.78. The van der Waals surface area contributed by atoms with Crippen LogP contribution in [0.4, 0.5) is 0 Å². The van der Waals surface area contributed by atoms with E-state index in [1.165, 1.54) is 12.3 Å². The summed E-state index contributed by atoms with van der Waals surface area (Å²) in [4.78, 5) is 0. The summed E-state index contributed by atoms with van der Waals surface area (Å²) < 4.78 is 210. The number of benzene rings is 11. The first-order chi connectivity index (χ1) is 54.1. The van der Waals surface area contributed by atoms with Gasteiger partial charge in [0.25, 0.3) is 0 Å². The molecule has 4 unspecified atom stereocenters. The topological polar surface area (TPSA) is 90.5 Å². The van der Waals surface area contributed by atoms with E-state index in [9.17, 15) is 27.4 Å². The summed E-state index contributed by atoms with van der Waals surface area (Å²) in [7, 11) is 0. The number of hydrogen-bond donors (Lipinski definition) is 0. The highest BCUT2D eigenvalue weighted by atomic mass is 16.3. The van der Waals surface area contributed by atoms with Crippen LogP contribution in [0.25, 0.3) is 145 Å². The fourth-order valence-corrected chi connectivity index (χ4v) is 14.3. The van der Waals surface area contributed by atoms with Gasteiger partial charge >= 0.3 is 0 Å². The van der Waals surface area contributed by atoms with Crippen molar-refractivity contribution in [2.24, 2.45) is 0 Å². The highest BCUT2D eigenvalue weighted by molar-refractivity contribution is 6.26. The molecule has 0 N–H and O–H groups in total. The fourth-order valence-electron chi connectivity index (χ4n) is 14.3. The van der Waals surface area contributed by atoms with Crippen molar-refractivity contribution >= 4 is 21.9 Å². The minimum absolute atomic E-state index is 0.0265. The minimum atomic E-state index is -4.30. The van der Waals surface area contributed by atoms with Gasteiger partial charge in [0.1, 0.15) is 28.2 Å². The third-order valence-electron chi connectivity index (χ3n) is 18.4. The minimum Gasteiger partial charge on any atom is -0.455 e. The van der Waals surface area contributed by atoms with E-state index in [1.54, 1.807) is 19.9 Å². The maximum Gasteiger partial charge on any atom is 0.146 e. The van der Waals surface area contributed by atoms with Crippen molar-refractivity contribution < 1.29 is 31.8 Å². The Morgan fingerprint density at radius 3 is 1.56 bits per heavy atom. The lowest BCUT2D eigenvalue weighted by Gasteiger charge is -2.33. The van der Waals surface area contributed by atoms with Crippen molar-refractivity contribution in [1.29, 1.82) is 0 Å². The van der Waals surface area contributed by atoms with Gasteiger partial charge in [0, 0.05) is 71.6 Å². The zero-order valence-corrected chi connectivity index (χ0v) is 51.0. The van der Waals surface area contributed by atoms with Crippen LogP contribution in [0.15, 0.2) is 247 Å². The average molecular weight is 1240 g/mol. The summed E-state index contributed by atoms with van der Waals surface area (Å²) in [6.07, 6.45) is -37.9. The molecule has 3 aliphatic rings. The highest BCUT2D eigenvalue weighted by Crippen LogP contribution is 2.60. The number of rotatable bonds is 12. The van der Waals surface area contributed by atoms with Crippen molar-refractivity contribution in [1.82, 2.24) is 30.8 Å². The molecule has 3 aliphatic carbocycles. The number of aromatic nitrogens is 6. The van der Waals surface area contributed by atoms with Crippen LogP contribution in [0, 0.1) is 13.8 Å². The molecule has 17 rings (SSSR count).